The molecule has 0 rings (SSSR count). The lowest BCUT2D eigenvalue weighted by atomic mass is 10.0. The van der Waals surface area contributed by atoms with E-state index in [4.69, 9.17) is 10.5 Å². The summed E-state index contributed by atoms with van der Waals surface area (Å²) in [5.41, 5.74) is 5.36. The number of carbonyl (C=O) groups excluding carboxylic acids is 1. The maximum atomic E-state index is 11.4. The van der Waals surface area contributed by atoms with Gasteiger partial charge in [0.15, 0.2) is 0 Å². The first-order chi connectivity index (χ1) is 11.7. The third-order valence-corrected chi connectivity index (χ3v) is 4.52. The van der Waals surface area contributed by atoms with Gasteiger partial charge in [0.05, 0.1) is 6.61 Å². The molecule has 0 fully saturated rings. The lowest BCUT2D eigenvalue weighted by Gasteiger charge is -2.05. The Hall–Kier alpha value is -0.570. The highest BCUT2D eigenvalue weighted by atomic mass is 16.5. The first-order valence-corrected chi connectivity index (χ1v) is 10.5. The number of hydrogen-bond acceptors (Lipinski definition) is 3. The summed E-state index contributed by atoms with van der Waals surface area (Å²) in [7, 11) is 0. The minimum Gasteiger partial charge on any atom is -0.466 e. The van der Waals surface area contributed by atoms with Crippen molar-refractivity contribution in [3.8, 4) is 0 Å². The molecule has 0 saturated heterocycles. The summed E-state index contributed by atoms with van der Waals surface area (Å²) in [5.74, 6) is 0.809. The summed E-state index contributed by atoms with van der Waals surface area (Å²) in [6, 6.07) is 0. The van der Waals surface area contributed by atoms with E-state index in [9.17, 15) is 4.79 Å². The van der Waals surface area contributed by atoms with Crippen LogP contribution in [0.25, 0.3) is 0 Å². The molecule has 0 bridgehead atoms. The molecule has 0 heterocycles. The van der Waals surface area contributed by atoms with Crippen molar-refractivity contribution >= 4 is 5.97 Å². The molecule has 2 N–H and O–H groups in total. The molecule has 0 aromatic heterocycles. The monoisotopic (exact) mass is 341 g/mol. The molecule has 0 atom stereocenters. The summed E-state index contributed by atoms with van der Waals surface area (Å²) >= 11 is 0. The third-order valence-electron chi connectivity index (χ3n) is 4.52. The summed E-state index contributed by atoms with van der Waals surface area (Å²) in [6.07, 6.45) is 18.7. The number of unbranched alkanes of at least 4 members (excludes halogenated alkanes) is 11. The number of nitrogens with two attached hydrogens (primary N) is 1. The molecular weight excluding hydrogens is 298 g/mol. The van der Waals surface area contributed by atoms with Gasteiger partial charge in [-0.3, -0.25) is 4.79 Å². The second-order valence-electron chi connectivity index (χ2n) is 7.54. The van der Waals surface area contributed by atoms with Crippen LogP contribution in [-0.2, 0) is 9.53 Å². The summed E-state index contributed by atoms with van der Waals surface area (Å²) in [5, 5.41) is 0. The van der Waals surface area contributed by atoms with Gasteiger partial charge in [-0.05, 0) is 25.3 Å². The van der Waals surface area contributed by atoms with Crippen LogP contribution < -0.4 is 5.73 Å². The Kier molecular flexibility index (Phi) is 18.3. The highest BCUT2D eigenvalue weighted by Gasteiger charge is 2.02. The van der Waals surface area contributed by atoms with E-state index in [0.717, 1.165) is 25.2 Å². The van der Waals surface area contributed by atoms with Crippen LogP contribution in [0, 0.1) is 5.92 Å². The third kappa shape index (κ3) is 19.5. The minimum absolute atomic E-state index is 0.0585. The number of rotatable bonds is 18. The fourth-order valence-corrected chi connectivity index (χ4v) is 2.93. The molecule has 0 aliphatic heterocycles. The Morgan fingerprint density at radius 3 is 1.67 bits per heavy atom. The van der Waals surface area contributed by atoms with Crippen molar-refractivity contribution in [1.29, 1.82) is 0 Å². The van der Waals surface area contributed by atoms with Crippen molar-refractivity contribution in [2.45, 2.75) is 110 Å². The maximum absolute atomic E-state index is 11.4. The SMILES string of the molecule is CC(C)CCCCCCCCCCCCCCC(=O)OCCCN. The van der Waals surface area contributed by atoms with E-state index < -0.39 is 0 Å². The standard InChI is InChI=1S/C21H43NO2/c1-20(2)16-13-11-9-7-5-3-4-6-8-10-12-14-17-21(23)24-19-15-18-22/h20H,3-19,22H2,1-2H3. The van der Waals surface area contributed by atoms with E-state index in [0.29, 0.717) is 19.6 Å². The van der Waals surface area contributed by atoms with Crippen LogP contribution in [0.2, 0.25) is 0 Å². The van der Waals surface area contributed by atoms with Gasteiger partial charge in [-0.25, -0.2) is 0 Å². The van der Waals surface area contributed by atoms with Gasteiger partial charge in [-0.1, -0.05) is 90.9 Å². The van der Waals surface area contributed by atoms with Gasteiger partial charge in [-0.2, -0.15) is 0 Å². The second kappa shape index (κ2) is 18.8. The minimum atomic E-state index is -0.0585. The molecule has 0 aromatic carbocycles. The van der Waals surface area contributed by atoms with Crippen LogP contribution in [0.15, 0.2) is 0 Å². The fourth-order valence-electron chi connectivity index (χ4n) is 2.93. The first-order valence-electron chi connectivity index (χ1n) is 10.5. The van der Waals surface area contributed by atoms with E-state index in [1.54, 1.807) is 0 Å². The number of ether oxygens (including phenoxy) is 1. The Morgan fingerprint density at radius 1 is 0.750 bits per heavy atom. The molecule has 0 aliphatic rings. The molecule has 0 saturated carbocycles. The van der Waals surface area contributed by atoms with Crippen molar-refractivity contribution in [3.05, 3.63) is 0 Å². The Labute approximate surface area is 151 Å². The highest BCUT2D eigenvalue weighted by Crippen LogP contribution is 2.14. The Bertz CT molecular complexity index is 267. The maximum Gasteiger partial charge on any atom is 0.305 e. The van der Waals surface area contributed by atoms with Crippen LogP contribution in [0.4, 0.5) is 0 Å². The van der Waals surface area contributed by atoms with Crippen molar-refractivity contribution in [2.24, 2.45) is 11.7 Å². The summed E-state index contributed by atoms with van der Waals surface area (Å²) in [4.78, 5) is 11.4. The summed E-state index contributed by atoms with van der Waals surface area (Å²) in [6.45, 7) is 5.70. The van der Waals surface area contributed by atoms with Gasteiger partial charge in [0.1, 0.15) is 0 Å². The molecule has 0 unspecified atom stereocenters. The molecule has 24 heavy (non-hydrogen) atoms. The summed E-state index contributed by atoms with van der Waals surface area (Å²) < 4.78 is 5.08. The van der Waals surface area contributed by atoms with E-state index in [1.807, 2.05) is 0 Å². The largest absolute Gasteiger partial charge is 0.466 e. The van der Waals surface area contributed by atoms with E-state index in [1.165, 1.54) is 70.6 Å². The van der Waals surface area contributed by atoms with E-state index in [2.05, 4.69) is 13.8 Å². The van der Waals surface area contributed by atoms with E-state index >= 15 is 0 Å². The molecule has 0 aromatic rings. The van der Waals surface area contributed by atoms with Gasteiger partial charge in [0.2, 0.25) is 0 Å². The number of carbonyl (C=O) groups is 1. The zero-order chi connectivity index (χ0) is 17.9. The number of esters is 1. The smallest absolute Gasteiger partial charge is 0.305 e. The predicted molar refractivity (Wildman–Crippen MR) is 104 cm³/mol. The molecular formula is C21H43NO2. The lowest BCUT2D eigenvalue weighted by Crippen LogP contribution is -2.09. The molecule has 0 amide bonds. The molecule has 3 heteroatoms. The van der Waals surface area contributed by atoms with Gasteiger partial charge in [-0.15, -0.1) is 0 Å². The number of hydrogen-bond donors (Lipinski definition) is 1. The normalized spacial score (nSPS) is 11.2. The van der Waals surface area contributed by atoms with Crippen LogP contribution in [-0.4, -0.2) is 19.1 Å². The quantitative estimate of drug-likeness (QED) is 0.246. The van der Waals surface area contributed by atoms with Crippen molar-refractivity contribution in [2.75, 3.05) is 13.2 Å². The average molecular weight is 342 g/mol. The van der Waals surface area contributed by atoms with Crippen molar-refractivity contribution < 1.29 is 9.53 Å². The fraction of sp³-hybridized carbons (Fsp3) is 0.952. The van der Waals surface area contributed by atoms with Crippen LogP contribution in [0.5, 0.6) is 0 Å². The average Bonchev–Trinajstić information content (AvgIpc) is 2.55. The zero-order valence-corrected chi connectivity index (χ0v) is 16.5. The van der Waals surface area contributed by atoms with Crippen LogP contribution in [0.3, 0.4) is 0 Å². The van der Waals surface area contributed by atoms with Crippen LogP contribution in [0.1, 0.15) is 110 Å². The topological polar surface area (TPSA) is 52.3 Å². The second-order valence-corrected chi connectivity index (χ2v) is 7.54. The van der Waals surface area contributed by atoms with Gasteiger partial charge in [0, 0.05) is 6.42 Å². The molecule has 0 spiro atoms. The Balaban J connectivity index is 3.08. The van der Waals surface area contributed by atoms with Gasteiger partial charge >= 0.3 is 5.97 Å². The Morgan fingerprint density at radius 2 is 1.21 bits per heavy atom. The van der Waals surface area contributed by atoms with Crippen molar-refractivity contribution in [3.63, 3.8) is 0 Å². The van der Waals surface area contributed by atoms with Gasteiger partial charge in [0.25, 0.3) is 0 Å². The predicted octanol–water partition coefficient (Wildman–Crippen LogP) is 6.00. The van der Waals surface area contributed by atoms with E-state index in [-0.39, 0.29) is 5.97 Å². The molecule has 3 nitrogen and oxygen atoms in total. The van der Waals surface area contributed by atoms with Crippen LogP contribution >= 0.6 is 0 Å². The first kappa shape index (κ1) is 23.4. The molecule has 0 aliphatic carbocycles. The van der Waals surface area contributed by atoms with Crippen molar-refractivity contribution in [1.82, 2.24) is 0 Å². The highest BCUT2D eigenvalue weighted by molar-refractivity contribution is 5.69. The zero-order valence-electron chi connectivity index (χ0n) is 16.5. The van der Waals surface area contributed by atoms with Gasteiger partial charge < -0.3 is 10.5 Å². The molecule has 144 valence electrons. The molecule has 0 radical (unpaired) electrons. The lowest BCUT2D eigenvalue weighted by molar-refractivity contribution is -0.143.